The second-order valence-electron chi connectivity index (χ2n) is 6.03. The van der Waals surface area contributed by atoms with Crippen LogP contribution in [0.5, 0.6) is 5.75 Å². The van der Waals surface area contributed by atoms with E-state index < -0.39 is 10.8 Å². The lowest BCUT2D eigenvalue weighted by Crippen LogP contribution is -2.31. The first-order valence-electron chi connectivity index (χ1n) is 8.71. The molecule has 144 valence electrons. The Hall–Kier alpha value is -3.06. The van der Waals surface area contributed by atoms with Crippen LogP contribution >= 0.6 is 11.8 Å². The first kappa shape index (κ1) is 19.7. The van der Waals surface area contributed by atoms with Crippen LogP contribution in [0.25, 0.3) is 10.8 Å². The standard InChI is InChI=1S/C21H20N2O4S/c1-4-22(17-11-7-9-14-8-5-6-10-15(14)17)21(24)16-12-20(28-3)19(27-2)13-18(16)23(25)26/h5-13H,4H2,1-3H3. The summed E-state index contributed by atoms with van der Waals surface area (Å²) in [5, 5.41) is 13.5. The summed E-state index contributed by atoms with van der Waals surface area (Å²) in [6.45, 7) is 2.23. The SMILES string of the molecule is CCN(C(=O)c1cc(SC)c(OC)cc1[N+](=O)[O-])c1cccc2ccccc12. The molecule has 0 aliphatic carbocycles. The number of carbonyl (C=O) groups is 1. The summed E-state index contributed by atoms with van der Waals surface area (Å²) in [5.74, 6) is -0.0348. The van der Waals surface area contributed by atoms with Gasteiger partial charge in [-0.1, -0.05) is 36.4 Å². The molecule has 0 atom stereocenters. The highest BCUT2D eigenvalue weighted by molar-refractivity contribution is 7.98. The van der Waals surface area contributed by atoms with Crippen molar-refractivity contribution in [3.8, 4) is 5.75 Å². The minimum Gasteiger partial charge on any atom is -0.495 e. The van der Waals surface area contributed by atoms with Crippen LogP contribution in [0.1, 0.15) is 17.3 Å². The molecule has 3 aromatic carbocycles. The topological polar surface area (TPSA) is 72.7 Å². The van der Waals surface area contributed by atoms with Crippen LogP contribution in [0.15, 0.2) is 59.5 Å². The normalized spacial score (nSPS) is 10.7. The molecule has 1 amide bonds. The average molecular weight is 396 g/mol. The molecular weight excluding hydrogens is 376 g/mol. The first-order valence-corrected chi connectivity index (χ1v) is 9.94. The summed E-state index contributed by atoms with van der Waals surface area (Å²) in [7, 11) is 1.45. The molecule has 28 heavy (non-hydrogen) atoms. The van der Waals surface area contributed by atoms with Gasteiger partial charge in [-0.2, -0.15) is 0 Å². The summed E-state index contributed by atoms with van der Waals surface area (Å²) >= 11 is 1.37. The summed E-state index contributed by atoms with van der Waals surface area (Å²) in [5.41, 5.74) is 0.504. The number of nitro groups is 1. The van der Waals surface area contributed by atoms with Crippen LogP contribution in [0.3, 0.4) is 0 Å². The molecule has 0 aromatic heterocycles. The number of ether oxygens (including phenoxy) is 1. The van der Waals surface area contributed by atoms with Crippen LogP contribution in [0.4, 0.5) is 11.4 Å². The van der Waals surface area contributed by atoms with E-state index in [9.17, 15) is 14.9 Å². The number of fused-ring (bicyclic) bond motifs is 1. The van der Waals surface area contributed by atoms with Crippen molar-refractivity contribution < 1.29 is 14.5 Å². The quantitative estimate of drug-likeness (QED) is 0.327. The Morgan fingerprint density at radius 1 is 1.18 bits per heavy atom. The van der Waals surface area contributed by atoms with Crippen LogP contribution in [-0.4, -0.2) is 30.7 Å². The Morgan fingerprint density at radius 3 is 2.54 bits per heavy atom. The lowest BCUT2D eigenvalue weighted by Gasteiger charge is -2.23. The van der Waals surface area contributed by atoms with Gasteiger partial charge in [0.25, 0.3) is 11.6 Å². The zero-order valence-electron chi connectivity index (χ0n) is 15.8. The molecule has 0 aliphatic heterocycles. The molecule has 7 heteroatoms. The largest absolute Gasteiger partial charge is 0.495 e. The third-order valence-corrected chi connectivity index (χ3v) is 5.31. The van der Waals surface area contributed by atoms with Gasteiger partial charge in [-0.05, 0) is 30.7 Å². The van der Waals surface area contributed by atoms with E-state index in [1.54, 1.807) is 4.90 Å². The molecule has 0 bridgehead atoms. The van der Waals surface area contributed by atoms with Crippen molar-refractivity contribution in [1.82, 2.24) is 0 Å². The van der Waals surface area contributed by atoms with E-state index in [0.717, 1.165) is 16.5 Å². The fourth-order valence-corrected chi connectivity index (χ4v) is 3.78. The Bertz CT molecular complexity index is 1050. The van der Waals surface area contributed by atoms with Gasteiger partial charge < -0.3 is 9.64 Å². The highest BCUT2D eigenvalue weighted by Gasteiger charge is 2.28. The smallest absolute Gasteiger partial charge is 0.285 e. The molecule has 6 nitrogen and oxygen atoms in total. The maximum atomic E-state index is 13.4. The van der Waals surface area contributed by atoms with Gasteiger partial charge in [0.2, 0.25) is 0 Å². The Balaban J connectivity index is 2.17. The van der Waals surface area contributed by atoms with Gasteiger partial charge in [0.15, 0.2) is 0 Å². The molecule has 3 rings (SSSR count). The highest BCUT2D eigenvalue weighted by Crippen LogP contribution is 2.36. The monoisotopic (exact) mass is 396 g/mol. The summed E-state index contributed by atoms with van der Waals surface area (Å²) in [6.07, 6.45) is 1.83. The summed E-state index contributed by atoms with van der Waals surface area (Å²) in [6, 6.07) is 16.3. The number of nitrogens with zero attached hydrogens (tertiary/aromatic N) is 2. The number of carbonyl (C=O) groups excluding carboxylic acids is 1. The van der Waals surface area contributed by atoms with E-state index in [1.807, 2.05) is 55.6 Å². The predicted molar refractivity (Wildman–Crippen MR) is 113 cm³/mol. The van der Waals surface area contributed by atoms with Crippen LogP contribution in [0.2, 0.25) is 0 Å². The molecule has 0 unspecified atom stereocenters. The minimum absolute atomic E-state index is 0.0462. The van der Waals surface area contributed by atoms with Crippen molar-refractivity contribution in [2.45, 2.75) is 11.8 Å². The van der Waals surface area contributed by atoms with Gasteiger partial charge in [0.1, 0.15) is 11.3 Å². The zero-order chi connectivity index (χ0) is 20.3. The number of hydrogen-bond donors (Lipinski definition) is 0. The number of thioether (sulfide) groups is 1. The molecule has 0 fully saturated rings. The zero-order valence-corrected chi connectivity index (χ0v) is 16.7. The molecule has 0 heterocycles. The number of nitro benzene ring substituents is 1. The van der Waals surface area contributed by atoms with Crippen LogP contribution in [-0.2, 0) is 0 Å². The molecule has 0 saturated carbocycles. The minimum atomic E-state index is -0.545. The maximum Gasteiger partial charge on any atom is 0.285 e. The summed E-state index contributed by atoms with van der Waals surface area (Å²) in [4.78, 5) is 26.7. The number of benzene rings is 3. The lowest BCUT2D eigenvalue weighted by molar-refractivity contribution is -0.385. The van der Waals surface area contributed by atoms with Crippen molar-refractivity contribution >= 4 is 39.8 Å². The molecule has 3 aromatic rings. The van der Waals surface area contributed by atoms with Crippen molar-refractivity contribution in [1.29, 1.82) is 0 Å². The third-order valence-electron chi connectivity index (χ3n) is 4.55. The molecule has 0 aliphatic rings. The van der Waals surface area contributed by atoms with Crippen molar-refractivity contribution in [3.05, 3.63) is 70.3 Å². The van der Waals surface area contributed by atoms with Crippen LogP contribution < -0.4 is 9.64 Å². The van der Waals surface area contributed by atoms with Gasteiger partial charge in [-0.25, -0.2) is 0 Å². The van der Waals surface area contributed by atoms with Crippen molar-refractivity contribution in [2.24, 2.45) is 0 Å². The van der Waals surface area contributed by atoms with E-state index in [4.69, 9.17) is 4.74 Å². The fraction of sp³-hybridized carbons (Fsp3) is 0.190. The molecule has 0 spiro atoms. The predicted octanol–water partition coefficient (Wildman–Crippen LogP) is 5.15. The van der Waals surface area contributed by atoms with Crippen molar-refractivity contribution in [3.63, 3.8) is 0 Å². The Kier molecular flexibility index (Phi) is 5.84. The first-order chi connectivity index (χ1) is 13.5. The fourth-order valence-electron chi connectivity index (χ4n) is 3.20. The summed E-state index contributed by atoms with van der Waals surface area (Å²) < 4.78 is 5.24. The Labute approximate surface area is 167 Å². The van der Waals surface area contributed by atoms with E-state index in [2.05, 4.69) is 0 Å². The maximum absolute atomic E-state index is 13.4. The molecule has 0 radical (unpaired) electrons. The van der Waals surface area contributed by atoms with E-state index >= 15 is 0 Å². The van der Waals surface area contributed by atoms with E-state index in [1.165, 1.54) is 31.0 Å². The van der Waals surface area contributed by atoms with E-state index in [0.29, 0.717) is 17.2 Å². The van der Waals surface area contributed by atoms with E-state index in [-0.39, 0.29) is 11.3 Å². The number of amides is 1. The second kappa shape index (κ2) is 8.31. The molecule has 0 N–H and O–H groups in total. The lowest BCUT2D eigenvalue weighted by atomic mass is 10.1. The van der Waals surface area contributed by atoms with Crippen molar-refractivity contribution in [2.75, 3.05) is 24.8 Å². The average Bonchev–Trinajstić information content (AvgIpc) is 2.73. The van der Waals surface area contributed by atoms with Gasteiger partial charge in [-0.3, -0.25) is 14.9 Å². The van der Waals surface area contributed by atoms with Gasteiger partial charge in [-0.15, -0.1) is 11.8 Å². The molecule has 0 saturated heterocycles. The number of methoxy groups -OCH3 is 1. The second-order valence-corrected chi connectivity index (χ2v) is 6.88. The highest BCUT2D eigenvalue weighted by atomic mass is 32.2. The van der Waals surface area contributed by atoms with Gasteiger partial charge in [0.05, 0.1) is 28.7 Å². The third kappa shape index (κ3) is 3.53. The molecular formula is C21H20N2O4S. The number of anilines is 1. The van der Waals surface area contributed by atoms with Gasteiger partial charge in [0, 0.05) is 11.9 Å². The number of rotatable bonds is 6. The number of hydrogen-bond acceptors (Lipinski definition) is 5. The van der Waals surface area contributed by atoms with Gasteiger partial charge >= 0.3 is 0 Å². The Morgan fingerprint density at radius 2 is 1.89 bits per heavy atom. The van der Waals surface area contributed by atoms with Crippen LogP contribution in [0, 0.1) is 10.1 Å².